The Hall–Kier alpha value is -2.51. The van der Waals surface area contributed by atoms with Gasteiger partial charge in [0.1, 0.15) is 24.3 Å². The minimum atomic E-state index is -0.738. The number of para-hydroxylation sites is 1. The number of aromatic nitrogens is 2. The Bertz CT molecular complexity index is 683. The van der Waals surface area contributed by atoms with Gasteiger partial charge in [-0.3, -0.25) is 4.79 Å². The van der Waals surface area contributed by atoms with Crippen LogP contribution in [0.15, 0.2) is 49.1 Å². The highest BCUT2D eigenvalue weighted by Gasteiger charge is 2.38. The van der Waals surface area contributed by atoms with Gasteiger partial charge in [0.05, 0.1) is 25.3 Å². The Morgan fingerprint density at radius 3 is 2.76 bits per heavy atom. The quantitative estimate of drug-likeness (QED) is 0.817. The summed E-state index contributed by atoms with van der Waals surface area (Å²) in [4.78, 5) is 22.2. The predicted octanol–water partition coefficient (Wildman–Crippen LogP) is 1.41. The van der Waals surface area contributed by atoms with E-state index in [-0.39, 0.29) is 12.5 Å². The molecule has 7 nitrogen and oxygen atoms in total. The first-order valence-corrected chi connectivity index (χ1v) is 8.07. The fourth-order valence-electron chi connectivity index (χ4n) is 2.67. The average molecular weight is 343 g/mol. The van der Waals surface area contributed by atoms with Crippen molar-refractivity contribution in [1.82, 2.24) is 14.9 Å². The Kier molecular flexibility index (Phi) is 5.57. The summed E-state index contributed by atoms with van der Waals surface area (Å²) < 4.78 is 17.3. The van der Waals surface area contributed by atoms with Gasteiger partial charge in [-0.25, -0.2) is 9.97 Å². The topological polar surface area (TPSA) is 73.8 Å². The number of carbonyl (C=O) groups is 1. The minimum absolute atomic E-state index is 0.146. The molecule has 25 heavy (non-hydrogen) atoms. The van der Waals surface area contributed by atoms with Crippen molar-refractivity contribution >= 4 is 5.91 Å². The Balaban J connectivity index is 1.73. The number of hydrogen-bond donors (Lipinski definition) is 0. The zero-order valence-electron chi connectivity index (χ0n) is 14.1. The molecule has 1 aliphatic heterocycles. The highest BCUT2D eigenvalue weighted by molar-refractivity contribution is 5.93. The molecule has 3 rings (SSSR count). The number of carbonyl (C=O) groups excluding carboxylic acids is 1. The molecule has 0 N–H and O–H groups in total. The van der Waals surface area contributed by atoms with E-state index in [4.69, 9.17) is 14.2 Å². The lowest BCUT2D eigenvalue weighted by Crippen LogP contribution is -2.51. The molecule has 0 radical (unpaired) electrons. The van der Waals surface area contributed by atoms with Crippen molar-refractivity contribution in [3.63, 3.8) is 0 Å². The van der Waals surface area contributed by atoms with Crippen LogP contribution >= 0.6 is 0 Å². The molecule has 1 aromatic heterocycles. The van der Waals surface area contributed by atoms with Crippen LogP contribution in [-0.4, -0.2) is 66.4 Å². The molecular formula is C18H21N3O4. The summed E-state index contributed by atoms with van der Waals surface area (Å²) >= 11 is 0. The van der Waals surface area contributed by atoms with Gasteiger partial charge in [-0.1, -0.05) is 18.2 Å². The monoisotopic (exact) mass is 343 g/mol. The summed E-state index contributed by atoms with van der Waals surface area (Å²) in [7, 11) is 1.61. The molecule has 2 heterocycles. The standard InChI is InChI=1S/C18H21N3O4/c1-23-18(13-25-16-5-3-2-4-6-16)11-21(7-8-24-12-18)17(22)15-9-19-14-20-10-15/h2-6,9-10,14H,7-8,11-13H2,1H3. The van der Waals surface area contributed by atoms with E-state index in [1.54, 1.807) is 12.0 Å². The SMILES string of the molecule is COC1(COc2ccccc2)COCCN(C(=O)c2cncnc2)C1. The van der Waals surface area contributed by atoms with Crippen LogP contribution < -0.4 is 4.74 Å². The van der Waals surface area contributed by atoms with E-state index in [0.717, 1.165) is 5.75 Å². The number of ether oxygens (including phenoxy) is 3. The average Bonchev–Trinajstić information content (AvgIpc) is 2.91. The fraction of sp³-hybridized carbons (Fsp3) is 0.389. The molecule has 7 heteroatoms. The van der Waals surface area contributed by atoms with Crippen molar-refractivity contribution in [2.45, 2.75) is 5.60 Å². The lowest BCUT2D eigenvalue weighted by molar-refractivity contribution is -0.0898. The van der Waals surface area contributed by atoms with Gasteiger partial charge in [0, 0.05) is 26.0 Å². The van der Waals surface area contributed by atoms with Crippen LogP contribution in [0.25, 0.3) is 0 Å². The summed E-state index contributed by atoms with van der Waals surface area (Å²) in [6.07, 6.45) is 4.42. The molecule has 0 aliphatic carbocycles. The number of nitrogens with zero attached hydrogens (tertiary/aromatic N) is 3. The maximum atomic E-state index is 12.7. The number of hydrogen-bond acceptors (Lipinski definition) is 6. The van der Waals surface area contributed by atoms with Gasteiger partial charge in [-0.2, -0.15) is 0 Å². The predicted molar refractivity (Wildman–Crippen MR) is 90.4 cm³/mol. The molecule has 0 spiro atoms. The molecule has 1 aliphatic rings. The third-order valence-electron chi connectivity index (χ3n) is 4.12. The van der Waals surface area contributed by atoms with Gasteiger partial charge in [-0.15, -0.1) is 0 Å². The summed E-state index contributed by atoms with van der Waals surface area (Å²) in [6.45, 7) is 1.91. The van der Waals surface area contributed by atoms with Crippen molar-refractivity contribution in [2.75, 3.05) is 40.0 Å². The Morgan fingerprint density at radius 2 is 2.04 bits per heavy atom. The van der Waals surface area contributed by atoms with Gasteiger partial charge in [0.15, 0.2) is 0 Å². The molecule has 0 bridgehead atoms. The summed E-state index contributed by atoms with van der Waals surface area (Å²) in [5, 5.41) is 0. The maximum Gasteiger partial charge on any atom is 0.257 e. The highest BCUT2D eigenvalue weighted by atomic mass is 16.6. The van der Waals surface area contributed by atoms with Crippen molar-refractivity contribution < 1.29 is 19.0 Å². The van der Waals surface area contributed by atoms with Gasteiger partial charge in [0.2, 0.25) is 0 Å². The van der Waals surface area contributed by atoms with Crippen LogP contribution in [0.5, 0.6) is 5.75 Å². The molecule has 2 aromatic rings. The van der Waals surface area contributed by atoms with Crippen molar-refractivity contribution in [2.24, 2.45) is 0 Å². The molecule has 1 fully saturated rings. The normalized spacial score (nSPS) is 20.8. The van der Waals surface area contributed by atoms with Crippen LogP contribution in [0, 0.1) is 0 Å². The van der Waals surface area contributed by atoms with Crippen LogP contribution in [-0.2, 0) is 9.47 Å². The van der Waals surface area contributed by atoms with E-state index in [1.807, 2.05) is 30.3 Å². The molecule has 1 amide bonds. The molecule has 1 aromatic carbocycles. The van der Waals surface area contributed by atoms with Crippen LogP contribution in [0.1, 0.15) is 10.4 Å². The van der Waals surface area contributed by atoms with Crippen LogP contribution in [0.2, 0.25) is 0 Å². The molecule has 1 unspecified atom stereocenters. The Morgan fingerprint density at radius 1 is 1.28 bits per heavy atom. The smallest absolute Gasteiger partial charge is 0.257 e. The third-order valence-corrected chi connectivity index (χ3v) is 4.12. The number of amides is 1. The van der Waals surface area contributed by atoms with Gasteiger partial charge in [0.25, 0.3) is 5.91 Å². The zero-order chi connectivity index (χ0) is 17.5. The third kappa shape index (κ3) is 4.32. The van der Waals surface area contributed by atoms with Crippen molar-refractivity contribution in [1.29, 1.82) is 0 Å². The number of rotatable bonds is 5. The lowest BCUT2D eigenvalue weighted by Gasteiger charge is -2.33. The zero-order valence-corrected chi connectivity index (χ0v) is 14.1. The summed E-state index contributed by atoms with van der Waals surface area (Å²) in [5.41, 5.74) is -0.296. The van der Waals surface area contributed by atoms with Crippen molar-refractivity contribution in [3.05, 3.63) is 54.6 Å². The molecule has 132 valence electrons. The largest absolute Gasteiger partial charge is 0.490 e. The van der Waals surface area contributed by atoms with E-state index in [9.17, 15) is 4.79 Å². The van der Waals surface area contributed by atoms with E-state index in [1.165, 1.54) is 18.7 Å². The van der Waals surface area contributed by atoms with E-state index in [0.29, 0.717) is 31.9 Å². The molecular weight excluding hydrogens is 322 g/mol. The first-order valence-electron chi connectivity index (χ1n) is 8.07. The second-order valence-electron chi connectivity index (χ2n) is 5.90. The van der Waals surface area contributed by atoms with Crippen LogP contribution in [0.4, 0.5) is 0 Å². The molecule has 0 saturated carbocycles. The van der Waals surface area contributed by atoms with E-state index >= 15 is 0 Å². The first-order chi connectivity index (χ1) is 12.2. The maximum absolute atomic E-state index is 12.7. The van der Waals surface area contributed by atoms with Crippen molar-refractivity contribution in [3.8, 4) is 5.75 Å². The number of methoxy groups -OCH3 is 1. The highest BCUT2D eigenvalue weighted by Crippen LogP contribution is 2.20. The van der Waals surface area contributed by atoms with Crippen LogP contribution in [0.3, 0.4) is 0 Å². The van der Waals surface area contributed by atoms with E-state index < -0.39 is 5.60 Å². The van der Waals surface area contributed by atoms with Gasteiger partial charge < -0.3 is 19.1 Å². The number of benzene rings is 1. The van der Waals surface area contributed by atoms with E-state index in [2.05, 4.69) is 9.97 Å². The van der Waals surface area contributed by atoms with Gasteiger partial charge in [-0.05, 0) is 12.1 Å². The second-order valence-corrected chi connectivity index (χ2v) is 5.90. The summed E-state index contributed by atoms with van der Waals surface area (Å²) in [5.74, 6) is 0.602. The molecule has 1 saturated heterocycles. The van der Waals surface area contributed by atoms with Gasteiger partial charge >= 0.3 is 0 Å². The second kappa shape index (κ2) is 8.04. The lowest BCUT2D eigenvalue weighted by atomic mass is 10.1. The summed E-state index contributed by atoms with van der Waals surface area (Å²) in [6, 6.07) is 9.50. The Labute approximate surface area is 146 Å². The first kappa shape index (κ1) is 17.3. The fourth-order valence-corrected chi connectivity index (χ4v) is 2.67. The molecule has 1 atom stereocenters. The minimum Gasteiger partial charge on any atom is -0.490 e.